The lowest BCUT2D eigenvalue weighted by Crippen LogP contribution is -2.77. The maximum Gasteiger partial charge on any atom is 0.390 e. The number of nitrogens with one attached hydrogen (secondary N) is 2. The zero-order valence-corrected chi connectivity index (χ0v) is 23.7. The summed E-state index contributed by atoms with van der Waals surface area (Å²) in [5.74, 6) is 1.71. The van der Waals surface area contributed by atoms with Crippen molar-refractivity contribution < 1.29 is 32.7 Å². The van der Waals surface area contributed by atoms with Gasteiger partial charge in [-0.05, 0) is 63.8 Å². The zero-order chi connectivity index (χ0) is 29.8. The second-order valence-corrected chi connectivity index (χ2v) is 12.2. The van der Waals surface area contributed by atoms with Gasteiger partial charge in [0.05, 0.1) is 12.0 Å². The molecule has 1 heterocycles. The Morgan fingerprint density at radius 3 is 2.20 bits per heavy atom. The van der Waals surface area contributed by atoms with E-state index in [1.807, 2.05) is 26.0 Å². The van der Waals surface area contributed by atoms with Crippen LogP contribution in [0.1, 0.15) is 77.7 Å². The van der Waals surface area contributed by atoms with E-state index >= 15 is 0 Å². The lowest BCUT2D eigenvalue weighted by atomic mass is 9.38. The van der Waals surface area contributed by atoms with Crippen molar-refractivity contribution in [1.82, 2.24) is 15.5 Å². The van der Waals surface area contributed by atoms with E-state index in [0.29, 0.717) is 0 Å². The Morgan fingerprint density at radius 1 is 1.18 bits per heavy atom. The number of carbonyl (C=O) groups excluding carboxylic acids is 3. The average molecular weight is 567 g/mol. The van der Waals surface area contributed by atoms with Crippen LogP contribution in [0.25, 0.3) is 0 Å². The molecule has 5 aliphatic rings. The number of carbonyl (C=O) groups is 1. The highest BCUT2D eigenvalue weighted by Crippen LogP contribution is 2.70. The van der Waals surface area contributed by atoms with Crippen molar-refractivity contribution >= 4 is 17.9 Å². The first-order chi connectivity index (χ1) is 18.7. The Labute approximate surface area is 233 Å². The van der Waals surface area contributed by atoms with Gasteiger partial charge in [0.25, 0.3) is 0 Å². The lowest BCUT2D eigenvalue weighted by Gasteiger charge is -2.73. The summed E-state index contributed by atoms with van der Waals surface area (Å²) in [5, 5.41) is 15.2. The van der Waals surface area contributed by atoms with Gasteiger partial charge < -0.3 is 15.7 Å². The van der Waals surface area contributed by atoms with E-state index < -0.39 is 36.6 Å². The van der Waals surface area contributed by atoms with Crippen molar-refractivity contribution in [2.24, 2.45) is 16.3 Å². The molecule has 6 rings (SSSR count). The van der Waals surface area contributed by atoms with E-state index in [1.54, 1.807) is 12.1 Å². The van der Waals surface area contributed by atoms with Crippen LogP contribution in [-0.2, 0) is 20.9 Å². The number of benzene rings is 1. The summed E-state index contributed by atoms with van der Waals surface area (Å²) in [6.45, 7) is 6.34. The Morgan fingerprint density at radius 2 is 1.75 bits per heavy atom. The first-order valence-electron chi connectivity index (χ1n) is 13.9. The molecule has 8 nitrogen and oxygen atoms in total. The quantitative estimate of drug-likeness (QED) is 0.425. The summed E-state index contributed by atoms with van der Waals surface area (Å²) >= 11 is 0. The molecule has 0 saturated heterocycles. The molecule has 1 aromatic rings. The van der Waals surface area contributed by atoms with Gasteiger partial charge in [0, 0.05) is 24.0 Å². The minimum Gasteiger partial charge on any atom is -0.508 e. The number of aliphatic imine (C=N–C) groups is 1. The molecule has 1 aromatic carbocycles. The van der Waals surface area contributed by atoms with Gasteiger partial charge in [0.1, 0.15) is 11.6 Å². The van der Waals surface area contributed by atoms with E-state index in [4.69, 9.17) is 9.59 Å². The third kappa shape index (κ3) is 7.23. The molecule has 222 valence electrons. The number of hydrogen-bond donors (Lipinski definition) is 3. The second kappa shape index (κ2) is 12.3. The SMILES string of the molecule is CCC1CCC1.CN(Cc1ccc(O)cc1)C12CC(C3=N[C@@H](C(=O)NCCC(F)(F)F)C(C)(C)N3)(C1)C2.O=C=O. The molecule has 0 radical (unpaired) electrons. The van der Waals surface area contributed by atoms with Crippen LogP contribution >= 0.6 is 0 Å². The monoisotopic (exact) mass is 566 g/mol. The summed E-state index contributed by atoms with van der Waals surface area (Å²) < 4.78 is 37.1. The fourth-order valence-electron chi connectivity index (χ4n) is 6.11. The highest BCUT2D eigenvalue weighted by Gasteiger charge is 2.72. The van der Waals surface area contributed by atoms with Crippen molar-refractivity contribution in [1.29, 1.82) is 0 Å². The number of alkyl halides is 3. The van der Waals surface area contributed by atoms with Crippen LogP contribution in [0.2, 0.25) is 0 Å². The van der Waals surface area contributed by atoms with Gasteiger partial charge in [-0.15, -0.1) is 0 Å². The number of amidine groups is 1. The summed E-state index contributed by atoms with van der Waals surface area (Å²) in [5.41, 5.74) is 0.533. The largest absolute Gasteiger partial charge is 0.508 e. The van der Waals surface area contributed by atoms with E-state index in [9.17, 15) is 23.1 Å². The fraction of sp³-hybridized carbons (Fsp3) is 0.690. The molecular weight excluding hydrogens is 525 g/mol. The molecular formula is C29H41F3N4O4. The molecule has 0 unspecified atom stereocenters. The number of nitrogens with zero attached hydrogens (tertiary/aromatic N) is 2. The van der Waals surface area contributed by atoms with Gasteiger partial charge in [0.15, 0.2) is 6.04 Å². The van der Waals surface area contributed by atoms with Gasteiger partial charge in [-0.1, -0.05) is 44.7 Å². The molecule has 40 heavy (non-hydrogen) atoms. The number of phenols is 1. The van der Waals surface area contributed by atoms with E-state index in [0.717, 1.165) is 43.1 Å². The van der Waals surface area contributed by atoms with Crippen LogP contribution in [0.15, 0.2) is 29.3 Å². The molecule has 4 fully saturated rings. The first kappa shape index (κ1) is 31.6. The third-order valence-electron chi connectivity index (χ3n) is 8.81. The zero-order valence-electron chi connectivity index (χ0n) is 23.7. The summed E-state index contributed by atoms with van der Waals surface area (Å²) in [6, 6.07) is 6.47. The Bertz CT molecular complexity index is 1070. The van der Waals surface area contributed by atoms with Crippen LogP contribution in [0.5, 0.6) is 5.75 Å². The topological polar surface area (TPSA) is 111 Å². The van der Waals surface area contributed by atoms with Crippen LogP contribution in [0, 0.1) is 11.3 Å². The van der Waals surface area contributed by atoms with Gasteiger partial charge in [-0.3, -0.25) is 14.7 Å². The molecule has 1 atom stereocenters. The number of halogens is 3. The standard InChI is InChI=1S/C22H29F3N4O2.C6H12.CO2/c1-19(2)16(17(31)26-9-8-22(23,24)25)27-18(28-19)20-11-21(12-20,13-20)29(3)10-14-4-6-15(30)7-5-14;1-2-6-4-3-5-6;2-1-3/h4-7,16,30H,8-13H2,1-3H3,(H,26,31)(H,27,28);6H,2-5H2,1H3;/t16-,20?,21?;;/m0../s1. The van der Waals surface area contributed by atoms with Crippen molar-refractivity contribution in [3.05, 3.63) is 29.8 Å². The maximum atomic E-state index is 12.5. The molecule has 4 aliphatic carbocycles. The molecule has 2 bridgehead atoms. The van der Waals surface area contributed by atoms with Crippen LogP contribution in [0.4, 0.5) is 13.2 Å². The van der Waals surface area contributed by atoms with Crippen molar-refractivity contribution in [2.75, 3.05) is 13.6 Å². The lowest BCUT2D eigenvalue weighted by molar-refractivity contribution is -0.191. The molecule has 1 amide bonds. The molecule has 3 N–H and O–H groups in total. The first-order valence-corrected chi connectivity index (χ1v) is 13.9. The summed E-state index contributed by atoms with van der Waals surface area (Å²) in [6.07, 6.45) is 3.68. The molecule has 1 aliphatic heterocycles. The number of hydrogen-bond acceptors (Lipinski definition) is 7. The number of phenolic OH excluding ortho intramolecular Hbond substituents is 1. The molecule has 0 spiro atoms. The van der Waals surface area contributed by atoms with Gasteiger partial charge in [-0.25, -0.2) is 0 Å². The predicted molar refractivity (Wildman–Crippen MR) is 143 cm³/mol. The number of amides is 1. The van der Waals surface area contributed by atoms with Crippen molar-refractivity contribution in [2.45, 2.75) is 102 Å². The van der Waals surface area contributed by atoms with Gasteiger partial charge >= 0.3 is 12.3 Å². The smallest absolute Gasteiger partial charge is 0.390 e. The van der Waals surface area contributed by atoms with Crippen LogP contribution < -0.4 is 10.6 Å². The molecule has 11 heteroatoms. The number of rotatable bonds is 8. The normalized spacial score (nSPS) is 27.6. The minimum absolute atomic E-state index is 0.0680. The second-order valence-electron chi connectivity index (χ2n) is 12.2. The highest BCUT2D eigenvalue weighted by atomic mass is 19.4. The third-order valence-corrected chi connectivity index (χ3v) is 8.81. The van der Waals surface area contributed by atoms with Gasteiger partial charge in [-0.2, -0.15) is 22.8 Å². The number of aromatic hydroxyl groups is 1. The van der Waals surface area contributed by atoms with Crippen LogP contribution in [0.3, 0.4) is 0 Å². The van der Waals surface area contributed by atoms with E-state index in [-0.39, 0.29) is 22.9 Å². The van der Waals surface area contributed by atoms with Crippen molar-refractivity contribution in [3.8, 4) is 5.75 Å². The highest BCUT2D eigenvalue weighted by molar-refractivity contribution is 5.98. The summed E-state index contributed by atoms with van der Waals surface area (Å²) in [7, 11) is 2.10. The fourth-order valence-corrected chi connectivity index (χ4v) is 6.11. The van der Waals surface area contributed by atoms with E-state index in [1.165, 1.54) is 25.7 Å². The minimum atomic E-state index is -4.29. The predicted octanol–water partition coefficient (Wildman–Crippen LogP) is 4.58. The Hall–Kier alpha value is -2.91. The summed E-state index contributed by atoms with van der Waals surface area (Å²) in [4.78, 5) is 35.7. The van der Waals surface area contributed by atoms with Gasteiger partial charge in [0.2, 0.25) is 5.91 Å². The van der Waals surface area contributed by atoms with E-state index in [2.05, 4.69) is 34.5 Å². The van der Waals surface area contributed by atoms with Crippen LogP contribution in [-0.4, -0.2) is 64.8 Å². The molecule has 4 saturated carbocycles. The Kier molecular flexibility index (Phi) is 9.73. The maximum absolute atomic E-state index is 12.5. The molecule has 0 aromatic heterocycles. The Balaban J connectivity index is 0.000000421. The van der Waals surface area contributed by atoms with Crippen molar-refractivity contribution in [3.63, 3.8) is 0 Å². The average Bonchev–Trinajstić information content (AvgIpc) is 3.08.